The highest BCUT2D eigenvalue weighted by Gasteiger charge is 2.22. The second-order valence-electron chi connectivity index (χ2n) is 3.22. The molecule has 0 spiro atoms. The maximum Gasteiger partial charge on any atom is 0.244 e. The van der Waals surface area contributed by atoms with Crippen LogP contribution in [0.4, 0.5) is 0 Å². The van der Waals surface area contributed by atoms with Crippen LogP contribution in [0.25, 0.3) is 0 Å². The number of nitrogens with two attached hydrogens (primary N) is 1. The quantitative estimate of drug-likeness (QED) is 0.809. The molecule has 5 nitrogen and oxygen atoms in total. The number of hydrogen-bond acceptors (Lipinski definition) is 4. The van der Waals surface area contributed by atoms with Crippen molar-refractivity contribution in [2.24, 2.45) is 5.73 Å². The molecule has 6 heteroatoms. The zero-order valence-corrected chi connectivity index (χ0v) is 9.74. The Morgan fingerprint density at radius 2 is 2.06 bits per heavy atom. The van der Waals surface area contributed by atoms with Gasteiger partial charge in [-0.2, -0.15) is 9.57 Å². The molecule has 1 aromatic carbocycles. The van der Waals surface area contributed by atoms with Crippen molar-refractivity contribution >= 4 is 10.0 Å². The average Bonchev–Trinajstić information content (AvgIpc) is 2.29. The molecule has 2 N–H and O–H groups in total. The van der Waals surface area contributed by atoms with Gasteiger partial charge in [-0.15, -0.1) is 0 Å². The summed E-state index contributed by atoms with van der Waals surface area (Å²) in [6.07, 6.45) is 0. The molecule has 0 fully saturated rings. The van der Waals surface area contributed by atoms with Gasteiger partial charge in [0.1, 0.15) is 6.07 Å². The fourth-order valence-electron chi connectivity index (χ4n) is 1.25. The second kappa shape index (κ2) is 5.07. The van der Waals surface area contributed by atoms with E-state index >= 15 is 0 Å². The number of nitrogens with zero attached hydrogens (tertiary/aromatic N) is 2. The molecule has 0 aliphatic rings. The summed E-state index contributed by atoms with van der Waals surface area (Å²) in [5, 5.41) is 8.84. The van der Waals surface area contributed by atoms with Gasteiger partial charge in [-0.25, -0.2) is 8.42 Å². The second-order valence-corrected chi connectivity index (χ2v) is 5.24. The lowest BCUT2D eigenvalue weighted by molar-refractivity contribution is 0.476. The van der Waals surface area contributed by atoms with Crippen LogP contribution in [0, 0.1) is 11.3 Å². The van der Waals surface area contributed by atoms with E-state index < -0.39 is 10.0 Å². The molecule has 0 aliphatic heterocycles. The van der Waals surface area contributed by atoms with Gasteiger partial charge in [0.05, 0.1) is 10.5 Å². The predicted octanol–water partition coefficient (Wildman–Crippen LogP) is 0.137. The van der Waals surface area contributed by atoms with Crippen LogP contribution in [0.15, 0.2) is 29.2 Å². The highest BCUT2D eigenvalue weighted by atomic mass is 32.2. The summed E-state index contributed by atoms with van der Waals surface area (Å²) < 4.78 is 25.2. The lowest BCUT2D eigenvalue weighted by Crippen LogP contribution is -2.32. The lowest BCUT2D eigenvalue weighted by Gasteiger charge is -2.16. The molecule has 0 heterocycles. The SMILES string of the molecule is CN(CCN)S(=O)(=O)c1ccccc1C#N. The molecular formula is C10H13N3O2S. The van der Waals surface area contributed by atoms with Crippen molar-refractivity contribution in [1.29, 1.82) is 5.26 Å². The van der Waals surface area contributed by atoms with Crippen LogP contribution in [0.3, 0.4) is 0 Å². The van der Waals surface area contributed by atoms with Gasteiger partial charge in [-0.3, -0.25) is 0 Å². The van der Waals surface area contributed by atoms with E-state index in [1.807, 2.05) is 6.07 Å². The Bertz CT molecular complexity index is 505. The summed E-state index contributed by atoms with van der Waals surface area (Å²) in [5.74, 6) is 0. The summed E-state index contributed by atoms with van der Waals surface area (Å²) >= 11 is 0. The molecule has 0 amide bonds. The van der Waals surface area contributed by atoms with Gasteiger partial charge in [-0.1, -0.05) is 12.1 Å². The summed E-state index contributed by atoms with van der Waals surface area (Å²) in [4.78, 5) is 0.0217. The third-order valence-electron chi connectivity index (χ3n) is 2.14. The first-order valence-corrected chi connectivity index (χ1v) is 6.13. The molecule has 0 atom stereocenters. The third-order valence-corrected chi connectivity index (χ3v) is 4.05. The first kappa shape index (κ1) is 12.6. The fourth-order valence-corrected chi connectivity index (χ4v) is 2.58. The number of likely N-dealkylation sites (N-methyl/N-ethyl adjacent to an activating group) is 1. The van der Waals surface area contributed by atoms with Crippen LogP contribution in [0.2, 0.25) is 0 Å². The number of rotatable bonds is 4. The van der Waals surface area contributed by atoms with E-state index in [-0.39, 0.29) is 23.5 Å². The Balaban J connectivity index is 3.23. The third kappa shape index (κ3) is 2.39. The topological polar surface area (TPSA) is 87.2 Å². The summed E-state index contributed by atoms with van der Waals surface area (Å²) in [7, 11) is -2.17. The van der Waals surface area contributed by atoms with E-state index in [2.05, 4.69) is 0 Å². The zero-order chi connectivity index (χ0) is 12.2. The minimum absolute atomic E-state index is 0.0217. The van der Waals surface area contributed by atoms with Gasteiger partial charge in [0.15, 0.2) is 0 Å². The standard InChI is InChI=1S/C10H13N3O2S/c1-13(7-6-11)16(14,15)10-5-3-2-4-9(10)8-12/h2-5H,6-7,11H2,1H3. The molecule has 0 saturated carbocycles. The van der Waals surface area contributed by atoms with E-state index in [9.17, 15) is 8.42 Å². The number of hydrogen-bond donors (Lipinski definition) is 1. The van der Waals surface area contributed by atoms with Crippen molar-refractivity contribution in [1.82, 2.24) is 4.31 Å². The minimum atomic E-state index is -3.61. The van der Waals surface area contributed by atoms with Gasteiger partial charge in [0, 0.05) is 20.1 Å². The van der Waals surface area contributed by atoms with E-state index in [4.69, 9.17) is 11.0 Å². The average molecular weight is 239 g/mol. The van der Waals surface area contributed by atoms with Crippen LogP contribution in [0.5, 0.6) is 0 Å². The fraction of sp³-hybridized carbons (Fsp3) is 0.300. The zero-order valence-electron chi connectivity index (χ0n) is 8.92. The summed E-state index contributed by atoms with van der Waals surface area (Å²) in [5.41, 5.74) is 5.45. The number of sulfonamides is 1. The van der Waals surface area contributed by atoms with Crippen molar-refractivity contribution in [2.75, 3.05) is 20.1 Å². The molecule has 0 aromatic heterocycles. The molecular weight excluding hydrogens is 226 g/mol. The van der Waals surface area contributed by atoms with Crippen LogP contribution < -0.4 is 5.73 Å². The van der Waals surface area contributed by atoms with Gasteiger partial charge >= 0.3 is 0 Å². The first-order chi connectivity index (χ1) is 7.54. The molecule has 0 bridgehead atoms. The molecule has 86 valence electrons. The predicted molar refractivity (Wildman–Crippen MR) is 60.0 cm³/mol. The summed E-state index contributed by atoms with van der Waals surface area (Å²) in [6.45, 7) is 0.465. The maximum atomic E-state index is 12.0. The van der Waals surface area contributed by atoms with Crippen molar-refractivity contribution in [3.8, 4) is 6.07 Å². The Morgan fingerprint density at radius 3 is 2.62 bits per heavy atom. The van der Waals surface area contributed by atoms with Crippen LogP contribution in [-0.4, -0.2) is 32.9 Å². The molecule has 0 unspecified atom stereocenters. The first-order valence-electron chi connectivity index (χ1n) is 4.69. The normalized spacial score (nSPS) is 11.4. The van der Waals surface area contributed by atoms with Gasteiger partial charge in [-0.05, 0) is 12.1 Å². The Hall–Kier alpha value is -1.42. The molecule has 0 aliphatic carbocycles. The van der Waals surface area contributed by atoms with Crippen molar-refractivity contribution < 1.29 is 8.42 Å². The van der Waals surface area contributed by atoms with Gasteiger partial charge < -0.3 is 5.73 Å². The van der Waals surface area contributed by atoms with Crippen molar-refractivity contribution in [3.63, 3.8) is 0 Å². The highest BCUT2D eigenvalue weighted by Crippen LogP contribution is 2.17. The van der Waals surface area contributed by atoms with Crippen LogP contribution >= 0.6 is 0 Å². The Kier molecular flexibility index (Phi) is 4.01. The number of nitriles is 1. The Morgan fingerprint density at radius 1 is 1.44 bits per heavy atom. The van der Waals surface area contributed by atoms with Crippen molar-refractivity contribution in [3.05, 3.63) is 29.8 Å². The molecule has 1 rings (SSSR count). The highest BCUT2D eigenvalue weighted by molar-refractivity contribution is 7.89. The lowest BCUT2D eigenvalue weighted by atomic mass is 10.2. The summed E-state index contributed by atoms with van der Waals surface area (Å²) in [6, 6.07) is 7.97. The van der Waals surface area contributed by atoms with Crippen LogP contribution in [-0.2, 0) is 10.0 Å². The molecule has 0 saturated heterocycles. The minimum Gasteiger partial charge on any atom is -0.329 e. The van der Waals surface area contributed by atoms with Gasteiger partial charge in [0.25, 0.3) is 0 Å². The smallest absolute Gasteiger partial charge is 0.244 e. The van der Waals surface area contributed by atoms with Crippen molar-refractivity contribution in [2.45, 2.75) is 4.90 Å². The molecule has 0 radical (unpaired) electrons. The van der Waals surface area contributed by atoms with E-state index in [1.54, 1.807) is 12.1 Å². The number of benzene rings is 1. The molecule has 16 heavy (non-hydrogen) atoms. The molecule has 1 aromatic rings. The van der Waals surface area contributed by atoms with Gasteiger partial charge in [0.2, 0.25) is 10.0 Å². The van der Waals surface area contributed by atoms with E-state index in [1.165, 1.54) is 19.2 Å². The van der Waals surface area contributed by atoms with E-state index in [0.29, 0.717) is 0 Å². The monoisotopic (exact) mass is 239 g/mol. The van der Waals surface area contributed by atoms with Crippen LogP contribution in [0.1, 0.15) is 5.56 Å². The maximum absolute atomic E-state index is 12.0. The Labute approximate surface area is 95.1 Å². The van der Waals surface area contributed by atoms with E-state index in [0.717, 1.165) is 4.31 Å². The largest absolute Gasteiger partial charge is 0.329 e.